The van der Waals surface area contributed by atoms with Crippen molar-refractivity contribution in [3.05, 3.63) is 12.2 Å². The Labute approximate surface area is 247 Å². The van der Waals surface area contributed by atoms with Crippen molar-refractivity contribution in [3.8, 4) is 0 Å². The maximum atomic E-state index is 12.3. The molecule has 0 rings (SSSR count). The van der Waals surface area contributed by atoms with Gasteiger partial charge in [0.2, 0.25) is 5.91 Å². The molecule has 0 radical (unpaired) electrons. The van der Waals surface area contributed by atoms with Crippen LogP contribution in [0.5, 0.6) is 0 Å². The van der Waals surface area contributed by atoms with Crippen LogP contribution in [0.4, 0.5) is 0 Å². The van der Waals surface area contributed by atoms with Gasteiger partial charge in [-0.25, -0.2) is 0 Å². The standard InChI is InChI=1S/C34H67NO5/c1-3-5-7-9-11-13-15-17-19-21-23-25-27-31(37)33(39)30(29-36)35-34(40)32(38)28-26-24-22-20-18-16-14-12-10-8-6-4-2/h24,26,30-33,36-39H,3-23,25,27-29H2,1-2H3,(H,35,40)/b26-24+/t30-,31+,32+,33-/m0/s1. The molecule has 1 amide bonds. The van der Waals surface area contributed by atoms with E-state index in [4.69, 9.17) is 0 Å². The van der Waals surface area contributed by atoms with Crippen LogP contribution < -0.4 is 5.32 Å². The van der Waals surface area contributed by atoms with Gasteiger partial charge in [0.15, 0.2) is 0 Å². The van der Waals surface area contributed by atoms with E-state index < -0.39 is 36.9 Å². The van der Waals surface area contributed by atoms with Crippen molar-refractivity contribution >= 4 is 5.91 Å². The fourth-order valence-corrected chi connectivity index (χ4v) is 5.17. The Morgan fingerprint density at radius 1 is 0.625 bits per heavy atom. The Kier molecular flexibility index (Phi) is 28.8. The number of amides is 1. The molecule has 0 saturated heterocycles. The lowest BCUT2D eigenvalue weighted by Crippen LogP contribution is -2.53. The summed E-state index contributed by atoms with van der Waals surface area (Å²) in [5.41, 5.74) is 0. The van der Waals surface area contributed by atoms with Crippen molar-refractivity contribution in [3.63, 3.8) is 0 Å². The summed E-state index contributed by atoms with van der Waals surface area (Å²) in [6.07, 6.45) is 28.1. The number of rotatable bonds is 30. The number of hydrogen-bond acceptors (Lipinski definition) is 5. The van der Waals surface area contributed by atoms with E-state index in [1.165, 1.54) is 109 Å². The normalized spacial score (nSPS) is 14.8. The van der Waals surface area contributed by atoms with Gasteiger partial charge in [-0.05, 0) is 19.3 Å². The first-order valence-corrected chi connectivity index (χ1v) is 17.1. The Morgan fingerprint density at radius 2 is 1.05 bits per heavy atom. The van der Waals surface area contributed by atoms with E-state index in [1.54, 1.807) is 0 Å². The van der Waals surface area contributed by atoms with Gasteiger partial charge >= 0.3 is 0 Å². The van der Waals surface area contributed by atoms with E-state index in [1.807, 2.05) is 12.2 Å². The molecule has 0 saturated carbocycles. The number of carbonyl (C=O) groups is 1. The van der Waals surface area contributed by atoms with Crippen LogP contribution in [0, 0.1) is 0 Å². The fraction of sp³-hybridized carbons (Fsp3) is 0.912. The van der Waals surface area contributed by atoms with Crippen molar-refractivity contribution in [2.24, 2.45) is 0 Å². The minimum atomic E-state index is -1.27. The third-order valence-electron chi connectivity index (χ3n) is 7.99. The molecule has 0 aromatic rings. The van der Waals surface area contributed by atoms with Gasteiger partial charge in [-0.15, -0.1) is 0 Å². The lowest BCUT2D eigenvalue weighted by molar-refractivity contribution is -0.132. The molecular formula is C34H67NO5. The van der Waals surface area contributed by atoms with Gasteiger partial charge in [0.05, 0.1) is 18.8 Å². The molecule has 0 aromatic carbocycles. The number of aliphatic hydroxyl groups is 4. The Bertz CT molecular complexity index is 571. The second-order valence-corrected chi connectivity index (χ2v) is 11.9. The summed E-state index contributed by atoms with van der Waals surface area (Å²) in [4.78, 5) is 12.3. The zero-order valence-electron chi connectivity index (χ0n) is 26.3. The lowest BCUT2D eigenvalue weighted by atomic mass is 9.99. The molecule has 5 N–H and O–H groups in total. The highest BCUT2D eigenvalue weighted by Gasteiger charge is 2.28. The number of allylic oxidation sites excluding steroid dienone is 1. The van der Waals surface area contributed by atoms with Crippen LogP contribution in [-0.2, 0) is 4.79 Å². The Hall–Kier alpha value is -0.950. The predicted octanol–water partition coefficient (Wildman–Crippen LogP) is 7.50. The van der Waals surface area contributed by atoms with Crippen molar-refractivity contribution in [2.75, 3.05) is 6.61 Å². The van der Waals surface area contributed by atoms with Gasteiger partial charge in [0.1, 0.15) is 12.2 Å². The third-order valence-corrected chi connectivity index (χ3v) is 7.99. The molecule has 6 nitrogen and oxygen atoms in total. The third kappa shape index (κ3) is 23.7. The van der Waals surface area contributed by atoms with Gasteiger partial charge in [-0.1, -0.05) is 154 Å². The van der Waals surface area contributed by atoms with Crippen LogP contribution in [-0.4, -0.2) is 57.3 Å². The first-order chi connectivity index (χ1) is 19.5. The second-order valence-electron chi connectivity index (χ2n) is 11.9. The molecule has 0 spiro atoms. The molecule has 0 heterocycles. The summed E-state index contributed by atoms with van der Waals surface area (Å²) in [7, 11) is 0. The molecule has 0 fully saturated rings. The lowest BCUT2D eigenvalue weighted by Gasteiger charge is -2.27. The molecule has 0 unspecified atom stereocenters. The van der Waals surface area contributed by atoms with Crippen molar-refractivity contribution in [1.82, 2.24) is 5.32 Å². The molecule has 0 aromatic heterocycles. The zero-order valence-corrected chi connectivity index (χ0v) is 26.3. The second kappa shape index (κ2) is 29.5. The highest BCUT2D eigenvalue weighted by molar-refractivity contribution is 5.81. The van der Waals surface area contributed by atoms with Gasteiger partial charge < -0.3 is 25.7 Å². The summed E-state index contributed by atoms with van der Waals surface area (Å²) < 4.78 is 0. The average molecular weight is 570 g/mol. The summed E-state index contributed by atoms with van der Waals surface area (Å²) in [5, 5.41) is 43.2. The summed E-state index contributed by atoms with van der Waals surface area (Å²) >= 11 is 0. The van der Waals surface area contributed by atoms with Crippen LogP contribution >= 0.6 is 0 Å². The first-order valence-electron chi connectivity index (χ1n) is 17.1. The maximum absolute atomic E-state index is 12.3. The molecule has 4 atom stereocenters. The summed E-state index contributed by atoms with van der Waals surface area (Å²) in [6, 6.07) is -1.000. The Balaban J connectivity index is 3.91. The quantitative estimate of drug-likeness (QED) is 0.0454. The molecular weight excluding hydrogens is 502 g/mol. The molecule has 0 aliphatic heterocycles. The minimum absolute atomic E-state index is 0.193. The molecule has 6 heteroatoms. The number of aliphatic hydroxyl groups excluding tert-OH is 4. The molecule has 0 aliphatic carbocycles. The largest absolute Gasteiger partial charge is 0.394 e. The van der Waals surface area contributed by atoms with Crippen LogP contribution in [0.15, 0.2) is 12.2 Å². The van der Waals surface area contributed by atoms with E-state index in [0.29, 0.717) is 6.42 Å². The number of nitrogens with one attached hydrogen (secondary N) is 1. The molecule has 0 aliphatic rings. The van der Waals surface area contributed by atoms with Crippen LogP contribution in [0.3, 0.4) is 0 Å². The number of carbonyl (C=O) groups excluding carboxylic acids is 1. The topological polar surface area (TPSA) is 110 Å². The van der Waals surface area contributed by atoms with Gasteiger partial charge in [-0.2, -0.15) is 0 Å². The number of hydrogen-bond donors (Lipinski definition) is 5. The SMILES string of the molecule is CCCCCCCCCCC/C=C/C[C@@H](O)C(=O)N[C@@H](CO)[C@H](O)[C@H](O)CCCCCCCCCCCCCC. The first kappa shape index (κ1) is 39.0. The average Bonchev–Trinajstić information content (AvgIpc) is 2.96. The van der Waals surface area contributed by atoms with E-state index in [2.05, 4.69) is 19.2 Å². The van der Waals surface area contributed by atoms with E-state index in [0.717, 1.165) is 32.1 Å². The van der Waals surface area contributed by atoms with Gasteiger partial charge in [0, 0.05) is 6.42 Å². The highest BCUT2D eigenvalue weighted by Crippen LogP contribution is 2.15. The smallest absolute Gasteiger partial charge is 0.249 e. The van der Waals surface area contributed by atoms with Gasteiger partial charge in [0.25, 0.3) is 0 Å². The van der Waals surface area contributed by atoms with Gasteiger partial charge in [-0.3, -0.25) is 4.79 Å². The predicted molar refractivity (Wildman–Crippen MR) is 168 cm³/mol. The molecule has 0 bridgehead atoms. The van der Waals surface area contributed by atoms with Crippen molar-refractivity contribution in [2.45, 2.75) is 192 Å². The van der Waals surface area contributed by atoms with Crippen molar-refractivity contribution < 1.29 is 25.2 Å². The van der Waals surface area contributed by atoms with Crippen LogP contribution in [0.1, 0.15) is 168 Å². The Morgan fingerprint density at radius 3 is 1.50 bits per heavy atom. The van der Waals surface area contributed by atoms with Crippen molar-refractivity contribution in [1.29, 1.82) is 0 Å². The monoisotopic (exact) mass is 570 g/mol. The molecule has 40 heavy (non-hydrogen) atoms. The minimum Gasteiger partial charge on any atom is -0.394 e. The molecule has 238 valence electrons. The van der Waals surface area contributed by atoms with E-state index in [-0.39, 0.29) is 6.42 Å². The fourth-order valence-electron chi connectivity index (χ4n) is 5.17. The zero-order chi connectivity index (χ0) is 29.7. The van der Waals surface area contributed by atoms with Crippen LogP contribution in [0.25, 0.3) is 0 Å². The van der Waals surface area contributed by atoms with Crippen LogP contribution in [0.2, 0.25) is 0 Å². The highest BCUT2D eigenvalue weighted by atomic mass is 16.3. The van der Waals surface area contributed by atoms with E-state index in [9.17, 15) is 25.2 Å². The summed E-state index contributed by atoms with van der Waals surface area (Å²) in [5.74, 6) is -0.636. The maximum Gasteiger partial charge on any atom is 0.249 e. The van der Waals surface area contributed by atoms with E-state index >= 15 is 0 Å². The summed E-state index contributed by atoms with van der Waals surface area (Å²) in [6.45, 7) is 3.99. The number of unbranched alkanes of at least 4 members (excludes halogenated alkanes) is 20.